The number of hydrogen-bond acceptors (Lipinski definition) is 3. The molecule has 138 valence electrons. The number of hydrogen-bond donors (Lipinski definition) is 2. The van der Waals surface area contributed by atoms with E-state index in [-0.39, 0.29) is 17.4 Å². The highest BCUT2D eigenvalue weighted by molar-refractivity contribution is 6.30. The van der Waals surface area contributed by atoms with E-state index in [0.717, 1.165) is 0 Å². The molecular weight excluding hydrogens is 352 g/mol. The van der Waals surface area contributed by atoms with Gasteiger partial charge in [0.25, 0.3) is 11.8 Å². The molecule has 0 aliphatic carbocycles. The third kappa shape index (κ3) is 6.08. The highest BCUT2D eigenvalue weighted by Gasteiger charge is 2.17. The smallest absolute Gasteiger partial charge is 0.265 e. The Labute approximate surface area is 158 Å². The van der Waals surface area contributed by atoms with Gasteiger partial charge in [0.05, 0.1) is 0 Å². The van der Waals surface area contributed by atoms with Gasteiger partial charge < -0.3 is 15.4 Å². The van der Waals surface area contributed by atoms with E-state index >= 15 is 0 Å². The van der Waals surface area contributed by atoms with Crippen molar-refractivity contribution in [1.82, 2.24) is 5.32 Å². The van der Waals surface area contributed by atoms with Crippen LogP contribution in [0.3, 0.4) is 0 Å². The quantitative estimate of drug-likeness (QED) is 0.821. The summed E-state index contributed by atoms with van der Waals surface area (Å²) in [5.74, 6) is 0.0688. The van der Waals surface area contributed by atoms with Gasteiger partial charge >= 0.3 is 0 Å². The van der Waals surface area contributed by atoms with Gasteiger partial charge in [0.15, 0.2) is 6.10 Å². The van der Waals surface area contributed by atoms with Gasteiger partial charge in [-0.25, -0.2) is 0 Å². The first-order valence-electron chi connectivity index (χ1n) is 8.30. The van der Waals surface area contributed by atoms with Crippen LogP contribution in [0.2, 0.25) is 5.02 Å². The van der Waals surface area contributed by atoms with Gasteiger partial charge in [-0.1, -0.05) is 17.7 Å². The second kappa shape index (κ2) is 8.23. The van der Waals surface area contributed by atoms with E-state index in [9.17, 15) is 9.59 Å². The largest absolute Gasteiger partial charge is 0.481 e. The van der Waals surface area contributed by atoms with Crippen molar-refractivity contribution in [3.63, 3.8) is 0 Å². The van der Waals surface area contributed by atoms with E-state index in [1.165, 1.54) is 0 Å². The highest BCUT2D eigenvalue weighted by atomic mass is 35.5. The maximum absolute atomic E-state index is 12.3. The van der Waals surface area contributed by atoms with E-state index in [1.807, 2.05) is 20.8 Å². The Hall–Kier alpha value is -2.53. The minimum absolute atomic E-state index is 0.159. The Morgan fingerprint density at radius 1 is 1.08 bits per heavy atom. The second-order valence-corrected chi connectivity index (χ2v) is 7.42. The summed E-state index contributed by atoms with van der Waals surface area (Å²) in [7, 11) is 0. The standard InChI is InChI=1S/C20H23ClN2O3/c1-13(26-17-7-5-6-15(21)12-17)18(24)22-16-10-8-14(9-11-16)19(25)23-20(2,3)4/h5-13H,1-4H3,(H,22,24)(H,23,25). The molecule has 0 spiro atoms. The Balaban J connectivity index is 1.95. The maximum atomic E-state index is 12.3. The number of benzene rings is 2. The number of ether oxygens (including phenoxy) is 1. The summed E-state index contributed by atoms with van der Waals surface area (Å²) in [6.07, 6.45) is -0.697. The maximum Gasteiger partial charge on any atom is 0.265 e. The van der Waals surface area contributed by atoms with Crippen molar-refractivity contribution in [2.75, 3.05) is 5.32 Å². The molecule has 1 unspecified atom stereocenters. The Morgan fingerprint density at radius 3 is 2.31 bits per heavy atom. The van der Waals surface area contributed by atoms with Crippen LogP contribution in [0, 0.1) is 0 Å². The molecule has 2 rings (SSSR count). The van der Waals surface area contributed by atoms with Crippen molar-refractivity contribution in [3.05, 3.63) is 59.1 Å². The summed E-state index contributed by atoms with van der Waals surface area (Å²) >= 11 is 5.90. The lowest BCUT2D eigenvalue weighted by molar-refractivity contribution is -0.122. The number of carbonyl (C=O) groups is 2. The number of nitrogens with one attached hydrogen (secondary N) is 2. The third-order valence-electron chi connectivity index (χ3n) is 3.38. The minimum atomic E-state index is -0.697. The molecular formula is C20H23ClN2O3. The number of amides is 2. The topological polar surface area (TPSA) is 67.4 Å². The minimum Gasteiger partial charge on any atom is -0.481 e. The number of carbonyl (C=O) groups excluding carboxylic acids is 2. The summed E-state index contributed by atoms with van der Waals surface area (Å²) in [5, 5.41) is 6.19. The summed E-state index contributed by atoms with van der Waals surface area (Å²) in [5.41, 5.74) is 0.807. The molecule has 0 aromatic heterocycles. The number of anilines is 1. The van der Waals surface area contributed by atoms with Crippen molar-refractivity contribution in [1.29, 1.82) is 0 Å². The summed E-state index contributed by atoms with van der Waals surface area (Å²) < 4.78 is 5.59. The van der Waals surface area contributed by atoms with Crippen LogP contribution in [0.25, 0.3) is 0 Å². The summed E-state index contributed by atoms with van der Waals surface area (Å²) in [6.45, 7) is 7.41. The average molecular weight is 375 g/mol. The fraction of sp³-hybridized carbons (Fsp3) is 0.300. The fourth-order valence-electron chi connectivity index (χ4n) is 2.16. The molecule has 2 aromatic rings. The van der Waals surface area contributed by atoms with Crippen LogP contribution in [-0.4, -0.2) is 23.5 Å². The van der Waals surface area contributed by atoms with Gasteiger partial charge in [0.1, 0.15) is 5.75 Å². The average Bonchev–Trinajstić information content (AvgIpc) is 2.53. The predicted molar refractivity (Wildman–Crippen MR) is 104 cm³/mol. The van der Waals surface area contributed by atoms with E-state index in [0.29, 0.717) is 22.0 Å². The number of halogens is 1. The van der Waals surface area contributed by atoms with Crippen molar-refractivity contribution in [3.8, 4) is 5.75 Å². The van der Waals surface area contributed by atoms with Gasteiger partial charge in [-0.15, -0.1) is 0 Å². The van der Waals surface area contributed by atoms with Crippen molar-refractivity contribution >= 4 is 29.1 Å². The first kappa shape index (κ1) is 19.8. The third-order valence-corrected chi connectivity index (χ3v) is 3.62. The summed E-state index contributed by atoms with van der Waals surface area (Å²) in [6, 6.07) is 13.6. The molecule has 6 heteroatoms. The molecule has 0 bridgehead atoms. The molecule has 0 heterocycles. The molecule has 2 aromatic carbocycles. The van der Waals surface area contributed by atoms with Crippen LogP contribution in [-0.2, 0) is 4.79 Å². The van der Waals surface area contributed by atoms with Crippen molar-refractivity contribution in [2.24, 2.45) is 0 Å². The van der Waals surface area contributed by atoms with Crippen LogP contribution in [0.15, 0.2) is 48.5 Å². The van der Waals surface area contributed by atoms with Gasteiger partial charge in [0.2, 0.25) is 0 Å². The summed E-state index contributed by atoms with van der Waals surface area (Å²) in [4.78, 5) is 24.4. The van der Waals surface area contributed by atoms with E-state index in [2.05, 4.69) is 10.6 Å². The van der Waals surface area contributed by atoms with Crippen molar-refractivity contribution < 1.29 is 14.3 Å². The first-order valence-corrected chi connectivity index (χ1v) is 8.67. The Kier molecular flexibility index (Phi) is 6.27. The molecule has 0 aliphatic rings. The van der Waals surface area contributed by atoms with Gasteiger partial charge in [-0.05, 0) is 70.2 Å². The van der Waals surface area contributed by atoms with Gasteiger partial charge in [0, 0.05) is 21.8 Å². The molecule has 0 saturated carbocycles. The zero-order chi connectivity index (χ0) is 19.3. The van der Waals surface area contributed by atoms with Crippen LogP contribution >= 0.6 is 11.6 Å². The van der Waals surface area contributed by atoms with E-state index < -0.39 is 6.10 Å². The van der Waals surface area contributed by atoms with Crippen LogP contribution in [0.1, 0.15) is 38.1 Å². The van der Waals surface area contributed by atoms with Gasteiger partial charge in [-0.2, -0.15) is 0 Å². The zero-order valence-electron chi connectivity index (χ0n) is 15.3. The van der Waals surface area contributed by atoms with Crippen molar-refractivity contribution in [2.45, 2.75) is 39.3 Å². The first-order chi connectivity index (χ1) is 12.1. The van der Waals surface area contributed by atoms with E-state index in [1.54, 1.807) is 55.5 Å². The van der Waals surface area contributed by atoms with E-state index in [4.69, 9.17) is 16.3 Å². The Bertz CT molecular complexity index is 782. The van der Waals surface area contributed by atoms with Crippen LogP contribution in [0.4, 0.5) is 5.69 Å². The molecule has 0 radical (unpaired) electrons. The number of rotatable bonds is 5. The van der Waals surface area contributed by atoms with Crippen LogP contribution in [0.5, 0.6) is 5.75 Å². The van der Waals surface area contributed by atoms with Gasteiger partial charge in [-0.3, -0.25) is 9.59 Å². The Morgan fingerprint density at radius 2 is 1.73 bits per heavy atom. The molecule has 26 heavy (non-hydrogen) atoms. The second-order valence-electron chi connectivity index (χ2n) is 6.99. The lowest BCUT2D eigenvalue weighted by Gasteiger charge is -2.20. The molecule has 2 N–H and O–H groups in total. The fourth-order valence-corrected chi connectivity index (χ4v) is 2.34. The normalized spacial score (nSPS) is 12.2. The zero-order valence-corrected chi connectivity index (χ0v) is 16.1. The molecule has 1 atom stereocenters. The molecule has 0 aliphatic heterocycles. The SMILES string of the molecule is CC(Oc1cccc(Cl)c1)C(=O)Nc1ccc(C(=O)NC(C)(C)C)cc1. The molecule has 0 fully saturated rings. The van der Waals surface area contributed by atoms with Crippen LogP contribution < -0.4 is 15.4 Å². The lowest BCUT2D eigenvalue weighted by atomic mass is 10.1. The highest BCUT2D eigenvalue weighted by Crippen LogP contribution is 2.19. The molecule has 5 nitrogen and oxygen atoms in total. The predicted octanol–water partition coefficient (Wildman–Crippen LogP) is 4.27. The lowest BCUT2D eigenvalue weighted by Crippen LogP contribution is -2.40. The molecule has 0 saturated heterocycles. The monoisotopic (exact) mass is 374 g/mol. The molecule has 2 amide bonds.